The Hall–Kier alpha value is -2.33. The van der Waals surface area contributed by atoms with Crippen LogP contribution in [0.1, 0.15) is 12.8 Å². The molecule has 0 radical (unpaired) electrons. The number of fused-ring (bicyclic) bond motifs is 1. The van der Waals surface area contributed by atoms with Crippen molar-refractivity contribution < 1.29 is 4.79 Å². The molecule has 1 aromatic carbocycles. The van der Waals surface area contributed by atoms with E-state index in [1.807, 2.05) is 42.6 Å². The summed E-state index contributed by atoms with van der Waals surface area (Å²) in [5.74, 6) is 0.807. The van der Waals surface area contributed by atoms with Crippen molar-refractivity contribution in [1.82, 2.24) is 9.97 Å². The molecule has 0 spiro atoms. The molecule has 0 aliphatic heterocycles. The number of hydrogen-bond donors (Lipinski definition) is 2. The van der Waals surface area contributed by atoms with Crippen LogP contribution in [0.25, 0.3) is 22.2 Å². The fourth-order valence-corrected chi connectivity index (χ4v) is 2.79. The lowest BCUT2D eigenvalue weighted by molar-refractivity contribution is -0.117. The molecule has 1 saturated carbocycles. The van der Waals surface area contributed by atoms with Crippen molar-refractivity contribution >= 4 is 34.4 Å². The van der Waals surface area contributed by atoms with E-state index < -0.39 is 0 Å². The van der Waals surface area contributed by atoms with Gasteiger partial charge in [0.05, 0.1) is 0 Å². The summed E-state index contributed by atoms with van der Waals surface area (Å²) in [7, 11) is 0. The van der Waals surface area contributed by atoms with Crippen LogP contribution in [0.4, 0.5) is 5.82 Å². The molecule has 110 valence electrons. The monoisotopic (exact) mass is 311 g/mol. The first-order valence-electron chi connectivity index (χ1n) is 7.26. The number of anilines is 1. The largest absolute Gasteiger partial charge is 0.345 e. The molecule has 1 aliphatic rings. The number of hydrogen-bond acceptors (Lipinski definition) is 2. The normalized spacial score (nSPS) is 14.2. The molecule has 4 nitrogen and oxygen atoms in total. The van der Waals surface area contributed by atoms with Crippen molar-refractivity contribution in [2.24, 2.45) is 5.92 Å². The zero-order valence-corrected chi connectivity index (χ0v) is 12.5. The summed E-state index contributed by atoms with van der Waals surface area (Å²) in [6.07, 6.45) is 3.85. The summed E-state index contributed by atoms with van der Waals surface area (Å²) >= 11 is 6.27. The van der Waals surface area contributed by atoms with E-state index in [0.29, 0.717) is 10.8 Å². The highest BCUT2D eigenvalue weighted by Crippen LogP contribution is 2.34. The lowest BCUT2D eigenvalue weighted by Gasteiger charge is -2.04. The second-order valence-corrected chi connectivity index (χ2v) is 5.95. The Kier molecular flexibility index (Phi) is 3.12. The van der Waals surface area contributed by atoms with E-state index in [0.717, 1.165) is 35.0 Å². The third-order valence-corrected chi connectivity index (χ3v) is 4.23. The molecule has 3 aromatic rings. The van der Waals surface area contributed by atoms with Gasteiger partial charge in [0.25, 0.3) is 0 Å². The van der Waals surface area contributed by atoms with Gasteiger partial charge in [0.2, 0.25) is 5.91 Å². The summed E-state index contributed by atoms with van der Waals surface area (Å²) in [6.45, 7) is 0. The third-order valence-electron chi connectivity index (χ3n) is 3.90. The number of nitrogens with zero attached hydrogens (tertiary/aromatic N) is 1. The maximum Gasteiger partial charge on any atom is 0.228 e. The summed E-state index contributed by atoms with van der Waals surface area (Å²) in [5.41, 5.74) is 2.71. The molecule has 0 atom stereocenters. The first-order valence-corrected chi connectivity index (χ1v) is 7.64. The molecule has 0 unspecified atom stereocenters. The number of benzene rings is 1. The summed E-state index contributed by atoms with van der Waals surface area (Å²) < 4.78 is 0. The highest BCUT2D eigenvalue weighted by molar-refractivity contribution is 6.33. The minimum Gasteiger partial charge on any atom is -0.345 e. The van der Waals surface area contributed by atoms with Crippen LogP contribution in [-0.4, -0.2) is 15.9 Å². The average molecular weight is 312 g/mol. The topological polar surface area (TPSA) is 57.8 Å². The molecule has 0 saturated heterocycles. The number of nitrogens with one attached hydrogen (secondary N) is 2. The van der Waals surface area contributed by atoms with E-state index in [4.69, 9.17) is 11.6 Å². The lowest BCUT2D eigenvalue weighted by Crippen LogP contribution is -2.14. The first kappa shape index (κ1) is 13.3. The predicted molar refractivity (Wildman–Crippen MR) is 87.9 cm³/mol. The fraction of sp³-hybridized carbons (Fsp3) is 0.176. The third kappa shape index (κ3) is 2.35. The molecule has 0 bridgehead atoms. The molecular weight excluding hydrogens is 298 g/mol. The van der Waals surface area contributed by atoms with Gasteiger partial charge in [-0.05, 0) is 31.0 Å². The van der Waals surface area contributed by atoms with Crippen molar-refractivity contribution in [3.63, 3.8) is 0 Å². The Bertz CT molecular complexity index is 867. The SMILES string of the molecule is O=C(Nc1ccc2c(-c3ccccc3Cl)c[nH]c2n1)C1CC1. The van der Waals surface area contributed by atoms with E-state index >= 15 is 0 Å². The number of carbonyl (C=O) groups excluding carboxylic acids is 1. The van der Waals surface area contributed by atoms with Gasteiger partial charge in [-0.3, -0.25) is 4.79 Å². The minimum absolute atomic E-state index is 0.0599. The number of H-pyrrole nitrogens is 1. The predicted octanol–water partition coefficient (Wildman–Crippen LogP) is 4.23. The van der Waals surface area contributed by atoms with Gasteiger partial charge < -0.3 is 10.3 Å². The first-order chi connectivity index (χ1) is 10.7. The second-order valence-electron chi connectivity index (χ2n) is 5.54. The molecule has 5 heteroatoms. The van der Waals surface area contributed by atoms with Crippen LogP contribution in [0.2, 0.25) is 5.02 Å². The Labute approximate surface area is 132 Å². The summed E-state index contributed by atoms with van der Waals surface area (Å²) in [4.78, 5) is 19.4. The number of amides is 1. The van der Waals surface area contributed by atoms with Crippen molar-refractivity contribution in [2.45, 2.75) is 12.8 Å². The Morgan fingerprint density at radius 3 is 2.77 bits per heavy atom. The number of rotatable bonds is 3. The quantitative estimate of drug-likeness (QED) is 0.760. The average Bonchev–Trinajstić information content (AvgIpc) is 3.29. The number of aromatic nitrogens is 2. The highest BCUT2D eigenvalue weighted by atomic mass is 35.5. The van der Waals surface area contributed by atoms with E-state index in [-0.39, 0.29) is 11.8 Å². The zero-order chi connectivity index (χ0) is 15.1. The van der Waals surface area contributed by atoms with Crippen molar-refractivity contribution in [3.05, 3.63) is 47.6 Å². The van der Waals surface area contributed by atoms with Crippen LogP contribution in [0.3, 0.4) is 0 Å². The van der Waals surface area contributed by atoms with Crippen LogP contribution in [0.5, 0.6) is 0 Å². The standard InChI is InChI=1S/C17H14ClN3O/c18-14-4-2-1-3-11(14)13-9-19-16-12(13)7-8-15(20-16)21-17(22)10-5-6-10/h1-4,7-10H,5-6H2,(H2,19,20,21,22). The number of halogens is 1. The van der Waals surface area contributed by atoms with Crippen LogP contribution >= 0.6 is 11.6 Å². The minimum atomic E-state index is 0.0599. The van der Waals surface area contributed by atoms with Gasteiger partial charge in [-0.1, -0.05) is 29.8 Å². The van der Waals surface area contributed by atoms with Crippen LogP contribution < -0.4 is 5.32 Å². The Morgan fingerprint density at radius 1 is 1.18 bits per heavy atom. The zero-order valence-electron chi connectivity index (χ0n) is 11.8. The molecule has 2 aromatic heterocycles. The Balaban J connectivity index is 1.71. The Morgan fingerprint density at radius 2 is 2.00 bits per heavy atom. The fourth-order valence-electron chi connectivity index (χ4n) is 2.55. The van der Waals surface area contributed by atoms with Gasteiger partial charge in [-0.15, -0.1) is 0 Å². The van der Waals surface area contributed by atoms with E-state index in [1.54, 1.807) is 0 Å². The van der Waals surface area contributed by atoms with Gasteiger partial charge in [-0.25, -0.2) is 4.98 Å². The smallest absolute Gasteiger partial charge is 0.228 e. The number of aromatic amines is 1. The number of pyridine rings is 1. The van der Waals surface area contributed by atoms with Crippen molar-refractivity contribution in [3.8, 4) is 11.1 Å². The van der Waals surface area contributed by atoms with Gasteiger partial charge in [0, 0.05) is 33.7 Å². The molecule has 1 amide bonds. The van der Waals surface area contributed by atoms with Gasteiger partial charge in [0.15, 0.2) is 0 Å². The maximum atomic E-state index is 11.8. The van der Waals surface area contributed by atoms with E-state index in [9.17, 15) is 4.79 Å². The second kappa shape index (κ2) is 5.14. The van der Waals surface area contributed by atoms with E-state index in [1.165, 1.54) is 0 Å². The van der Waals surface area contributed by atoms with E-state index in [2.05, 4.69) is 15.3 Å². The molecule has 1 fully saturated rings. The maximum absolute atomic E-state index is 11.8. The highest BCUT2D eigenvalue weighted by Gasteiger charge is 2.29. The molecule has 1 aliphatic carbocycles. The summed E-state index contributed by atoms with van der Waals surface area (Å²) in [5, 5.41) is 4.55. The van der Waals surface area contributed by atoms with Gasteiger partial charge >= 0.3 is 0 Å². The van der Waals surface area contributed by atoms with Crippen LogP contribution in [-0.2, 0) is 4.79 Å². The molecule has 2 N–H and O–H groups in total. The van der Waals surface area contributed by atoms with Gasteiger partial charge in [0.1, 0.15) is 11.5 Å². The molecular formula is C17H14ClN3O. The van der Waals surface area contributed by atoms with Crippen molar-refractivity contribution in [2.75, 3.05) is 5.32 Å². The van der Waals surface area contributed by atoms with Crippen LogP contribution in [0.15, 0.2) is 42.6 Å². The summed E-state index contributed by atoms with van der Waals surface area (Å²) in [6, 6.07) is 11.5. The van der Waals surface area contributed by atoms with Gasteiger partial charge in [-0.2, -0.15) is 0 Å². The lowest BCUT2D eigenvalue weighted by atomic mass is 10.1. The molecule has 2 heterocycles. The molecule has 22 heavy (non-hydrogen) atoms. The number of carbonyl (C=O) groups is 1. The van der Waals surface area contributed by atoms with Crippen molar-refractivity contribution in [1.29, 1.82) is 0 Å². The molecule has 4 rings (SSSR count). The van der Waals surface area contributed by atoms with Crippen LogP contribution in [0, 0.1) is 5.92 Å².